The van der Waals surface area contributed by atoms with Crippen molar-refractivity contribution in [1.82, 2.24) is 0 Å². The highest BCUT2D eigenvalue weighted by Crippen LogP contribution is 2.14. The van der Waals surface area contributed by atoms with Gasteiger partial charge in [0, 0.05) is 6.04 Å². The molecule has 0 aliphatic carbocycles. The minimum Gasteiger partial charge on any atom is -0.327 e. The highest BCUT2D eigenvalue weighted by Gasteiger charge is 2.06. The summed E-state index contributed by atoms with van der Waals surface area (Å²) in [5.74, 6) is -0.164. The number of unbranched alkanes of at least 4 members (excludes halogenated alkanes) is 3. The van der Waals surface area contributed by atoms with Crippen molar-refractivity contribution >= 4 is 0 Å². The second-order valence-corrected chi connectivity index (χ2v) is 4.88. The molecule has 1 nitrogen and oxygen atoms in total. The number of hydrogen-bond donors (Lipinski definition) is 1. The molecular weight excluding hydrogens is 213 g/mol. The molecule has 0 fully saturated rings. The molecule has 0 bridgehead atoms. The molecule has 1 atom stereocenters. The molecule has 0 amide bonds. The Kier molecular flexibility index (Phi) is 6.20. The zero-order valence-electron chi connectivity index (χ0n) is 11.0. The molecule has 0 spiro atoms. The molecule has 0 heterocycles. The topological polar surface area (TPSA) is 26.0 Å². The first kappa shape index (κ1) is 14.2. The summed E-state index contributed by atoms with van der Waals surface area (Å²) in [6.45, 7) is 4.16. The maximum absolute atomic E-state index is 12.9. The molecule has 96 valence electrons. The molecule has 1 unspecified atom stereocenters. The molecule has 0 aliphatic heterocycles. The summed E-state index contributed by atoms with van der Waals surface area (Å²) in [6, 6.07) is 5.16. The fraction of sp³-hybridized carbons (Fsp3) is 0.600. The van der Waals surface area contributed by atoms with Crippen LogP contribution >= 0.6 is 0 Å². The minimum atomic E-state index is -0.164. The fourth-order valence-corrected chi connectivity index (χ4v) is 2.11. The first-order valence-corrected chi connectivity index (χ1v) is 6.64. The van der Waals surface area contributed by atoms with E-state index >= 15 is 0 Å². The van der Waals surface area contributed by atoms with Crippen LogP contribution in [0.25, 0.3) is 0 Å². The molecule has 0 saturated heterocycles. The van der Waals surface area contributed by atoms with E-state index in [1.54, 1.807) is 6.07 Å². The van der Waals surface area contributed by atoms with Gasteiger partial charge >= 0.3 is 0 Å². The van der Waals surface area contributed by atoms with Crippen molar-refractivity contribution in [3.05, 3.63) is 35.1 Å². The average Bonchev–Trinajstić information content (AvgIpc) is 2.28. The van der Waals surface area contributed by atoms with Gasteiger partial charge in [0.25, 0.3) is 0 Å². The highest BCUT2D eigenvalue weighted by atomic mass is 19.1. The number of nitrogens with two attached hydrogens (primary N) is 1. The van der Waals surface area contributed by atoms with Crippen molar-refractivity contribution < 1.29 is 4.39 Å². The van der Waals surface area contributed by atoms with E-state index in [4.69, 9.17) is 5.73 Å². The molecule has 1 rings (SSSR count). The van der Waals surface area contributed by atoms with E-state index in [1.165, 1.54) is 37.3 Å². The van der Waals surface area contributed by atoms with Gasteiger partial charge in [0.1, 0.15) is 5.82 Å². The van der Waals surface area contributed by atoms with Gasteiger partial charge in [0.15, 0.2) is 0 Å². The highest BCUT2D eigenvalue weighted by molar-refractivity contribution is 5.27. The van der Waals surface area contributed by atoms with Gasteiger partial charge in [-0.05, 0) is 43.0 Å². The third kappa shape index (κ3) is 5.31. The third-order valence-electron chi connectivity index (χ3n) is 3.22. The van der Waals surface area contributed by atoms with Gasteiger partial charge in [0.2, 0.25) is 0 Å². The summed E-state index contributed by atoms with van der Waals surface area (Å²) < 4.78 is 12.9. The second-order valence-electron chi connectivity index (χ2n) is 4.88. The van der Waals surface area contributed by atoms with Crippen LogP contribution < -0.4 is 5.73 Å². The van der Waals surface area contributed by atoms with Gasteiger partial charge in [-0.25, -0.2) is 4.39 Å². The zero-order valence-corrected chi connectivity index (χ0v) is 11.0. The van der Waals surface area contributed by atoms with E-state index in [2.05, 4.69) is 6.92 Å². The molecule has 2 N–H and O–H groups in total. The minimum absolute atomic E-state index is 0.164. The first-order chi connectivity index (χ1) is 8.13. The molecule has 0 aromatic heterocycles. The normalized spacial score (nSPS) is 12.7. The van der Waals surface area contributed by atoms with E-state index < -0.39 is 0 Å². The van der Waals surface area contributed by atoms with Crippen molar-refractivity contribution in [2.75, 3.05) is 0 Å². The van der Waals surface area contributed by atoms with E-state index in [1.807, 2.05) is 13.0 Å². The Morgan fingerprint density at radius 2 is 2.00 bits per heavy atom. The Morgan fingerprint density at radius 3 is 2.65 bits per heavy atom. The van der Waals surface area contributed by atoms with Crippen LogP contribution in [0.5, 0.6) is 0 Å². The molecule has 17 heavy (non-hydrogen) atoms. The van der Waals surface area contributed by atoms with Crippen molar-refractivity contribution in [3.63, 3.8) is 0 Å². The van der Waals surface area contributed by atoms with Crippen molar-refractivity contribution in [2.45, 2.75) is 58.4 Å². The van der Waals surface area contributed by atoms with Crippen molar-refractivity contribution in [2.24, 2.45) is 5.73 Å². The fourth-order valence-electron chi connectivity index (χ4n) is 2.11. The standard InChI is InChI=1S/C15H24FN/c1-3-4-5-6-7-15(17)11-13-8-9-14(16)10-12(13)2/h8-10,15H,3-7,11,17H2,1-2H3. The molecule has 0 saturated carbocycles. The Bertz CT molecular complexity index is 336. The maximum atomic E-state index is 12.9. The van der Waals surface area contributed by atoms with Gasteiger partial charge in [-0.1, -0.05) is 38.7 Å². The van der Waals surface area contributed by atoms with Crippen LogP contribution in [0.2, 0.25) is 0 Å². The number of aryl methyl sites for hydroxylation is 1. The molecule has 1 aromatic carbocycles. The summed E-state index contributed by atoms with van der Waals surface area (Å²) in [4.78, 5) is 0. The van der Waals surface area contributed by atoms with Crippen molar-refractivity contribution in [1.29, 1.82) is 0 Å². The number of rotatable bonds is 7. The Hall–Kier alpha value is -0.890. The van der Waals surface area contributed by atoms with Gasteiger partial charge in [-0.3, -0.25) is 0 Å². The summed E-state index contributed by atoms with van der Waals surface area (Å²) in [6.07, 6.45) is 6.95. The van der Waals surface area contributed by atoms with E-state index in [0.717, 1.165) is 18.4 Å². The van der Waals surface area contributed by atoms with Gasteiger partial charge in [0.05, 0.1) is 0 Å². The number of benzene rings is 1. The lowest BCUT2D eigenvalue weighted by atomic mass is 9.98. The lowest BCUT2D eigenvalue weighted by Crippen LogP contribution is -2.23. The second kappa shape index (κ2) is 7.44. The van der Waals surface area contributed by atoms with Crippen LogP contribution in [0.4, 0.5) is 4.39 Å². The number of hydrogen-bond acceptors (Lipinski definition) is 1. The summed E-state index contributed by atoms with van der Waals surface area (Å²) in [5.41, 5.74) is 8.28. The predicted molar refractivity (Wildman–Crippen MR) is 71.6 cm³/mol. The monoisotopic (exact) mass is 237 g/mol. The average molecular weight is 237 g/mol. The van der Waals surface area contributed by atoms with Crippen LogP contribution in [-0.2, 0) is 6.42 Å². The molecular formula is C15H24FN. The molecule has 0 aliphatic rings. The van der Waals surface area contributed by atoms with Crippen LogP contribution in [0.15, 0.2) is 18.2 Å². The van der Waals surface area contributed by atoms with E-state index in [-0.39, 0.29) is 11.9 Å². The van der Waals surface area contributed by atoms with Crippen LogP contribution in [0.1, 0.15) is 50.2 Å². The SMILES string of the molecule is CCCCCCC(N)Cc1ccc(F)cc1C. The first-order valence-electron chi connectivity index (χ1n) is 6.64. The zero-order chi connectivity index (χ0) is 12.7. The van der Waals surface area contributed by atoms with Crippen LogP contribution in [0.3, 0.4) is 0 Å². The molecule has 0 radical (unpaired) electrons. The Balaban J connectivity index is 2.37. The molecule has 1 aromatic rings. The largest absolute Gasteiger partial charge is 0.327 e. The number of halogens is 1. The smallest absolute Gasteiger partial charge is 0.123 e. The Morgan fingerprint density at radius 1 is 1.24 bits per heavy atom. The molecule has 2 heteroatoms. The van der Waals surface area contributed by atoms with E-state index in [9.17, 15) is 4.39 Å². The predicted octanol–water partition coefficient (Wildman–Crippen LogP) is 3.97. The summed E-state index contributed by atoms with van der Waals surface area (Å²) >= 11 is 0. The van der Waals surface area contributed by atoms with Gasteiger partial charge in [-0.2, -0.15) is 0 Å². The quantitative estimate of drug-likeness (QED) is 0.713. The summed E-state index contributed by atoms with van der Waals surface area (Å²) in [5, 5.41) is 0. The third-order valence-corrected chi connectivity index (χ3v) is 3.22. The van der Waals surface area contributed by atoms with Crippen LogP contribution in [-0.4, -0.2) is 6.04 Å². The lowest BCUT2D eigenvalue weighted by Gasteiger charge is -2.13. The Labute approximate surface area is 104 Å². The van der Waals surface area contributed by atoms with Crippen molar-refractivity contribution in [3.8, 4) is 0 Å². The van der Waals surface area contributed by atoms with Crippen LogP contribution in [0, 0.1) is 12.7 Å². The van der Waals surface area contributed by atoms with Gasteiger partial charge in [-0.15, -0.1) is 0 Å². The summed E-state index contributed by atoms with van der Waals surface area (Å²) in [7, 11) is 0. The van der Waals surface area contributed by atoms with Gasteiger partial charge < -0.3 is 5.73 Å². The van der Waals surface area contributed by atoms with E-state index in [0.29, 0.717) is 0 Å². The lowest BCUT2D eigenvalue weighted by molar-refractivity contribution is 0.544. The maximum Gasteiger partial charge on any atom is 0.123 e.